The molecule has 0 atom stereocenters. The van der Waals surface area contributed by atoms with Crippen LogP contribution in [0.15, 0.2) is 77.9 Å². The largest absolute Gasteiger partial charge is 0.432 e. The van der Waals surface area contributed by atoms with Gasteiger partial charge in [0, 0.05) is 0 Å². The van der Waals surface area contributed by atoms with E-state index in [1.165, 1.54) is 6.07 Å². The Morgan fingerprint density at radius 1 is 0.920 bits per heavy atom. The first-order valence-electron chi connectivity index (χ1n) is 7.85. The number of hydrazine groups is 1. The molecule has 0 radical (unpaired) electrons. The summed E-state index contributed by atoms with van der Waals surface area (Å²) in [6.45, 7) is 2.04. The summed E-state index contributed by atoms with van der Waals surface area (Å²) in [5.41, 5.74) is 6.38. The van der Waals surface area contributed by atoms with Crippen LogP contribution in [0.5, 0.6) is 0 Å². The first-order chi connectivity index (χ1) is 12.2. The maximum atomic E-state index is 14.0. The molecule has 4 nitrogen and oxygen atoms in total. The van der Waals surface area contributed by atoms with Crippen molar-refractivity contribution in [2.24, 2.45) is 10.9 Å². The lowest BCUT2D eigenvalue weighted by Crippen LogP contribution is -2.17. The standard InChI is InChI=1S/C20H18FN4/c1-14-8-2-3-9-15(14)16-10-4-5-11-17(16)20(24-25-22)23-19-13-7-6-12-18(19)21/h2-13,25H,22H2,1H3/q-1. The van der Waals surface area contributed by atoms with E-state index >= 15 is 0 Å². The third-order valence-electron chi connectivity index (χ3n) is 3.85. The molecule has 0 aliphatic heterocycles. The molecule has 0 aliphatic rings. The zero-order valence-electron chi connectivity index (χ0n) is 13.8. The van der Waals surface area contributed by atoms with Crippen molar-refractivity contribution in [2.45, 2.75) is 6.92 Å². The van der Waals surface area contributed by atoms with Gasteiger partial charge in [-0.25, -0.2) is 4.39 Å². The van der Waals surface area contributed by atoms with Crippen LogP contribution in [-0.4, -0.2) is 5.84 Å². The summed E-state index contributed by atoms with van der Waals surface area (Å²) in [4.78, 5) is 0. The zero-order valence-corrected chi connectivity index (χ0v) is 13.8. The predicted molar refractivity (Wildman–Crippen MR) is 99.9 cm³/mol. The van der Waals surface area contributed by atoms with Gasteiger partial charge in [-0.15, -0.1) is 0 Å². The molecule has 0 saturated carbocycles. The Labute approximate surface area is 146 Å². The molecule has 0 spiro atoms. The van der Waals surface area contributed by atoms with E-state index < -0.39 is 5.82 Å². The lowest BCUT2D eigenvalue weighted by Gasteiger charge is -2.23. The average Bonchev–Trinajstić information content (AvgIpc) is 2.64. The van der Waals surface area contributed by atoms with E-state index in [-0.39, 0.29) is 5.69 Å². The monoisotopic (exact) mass is 333 g/mol. The van der Waals surface area contributed by atoms with Gasteiger partial charge in [-0.05, 0) is 46.8 Å². The van der Waals surface area contributed by atoms with Crippen LogP contribution in [0.25, 0.3) is 16.4 Å². The molecule has 3 rings (SSSR count). The van der Waals surface area contributed by atoms with Crippen LogP contribution in [0.2, 0.25) is 0 Å². The van der Waals surface area contributed by atoms with Crippen LogP contribution in [-0.2, 0) is 0 Å². The summed E-state index contributed by atoms with van der Waals surface area (Å²) in [6, 6.07) is 22.0. The fourth-order valence-corrected chi connectivity index (χ4v) is 2.65. The number of amidine groups is 1. The minimum atomic E-state index is -0.416. The van der Waals surface area contributed by atoms with E-state index in [9.17, 15) is 4.39 Å². The van der Waals surface area contributed by atoms with Gasteiger partial charge in [0.15, 0.2) is 0 Å². The summed E-state index contributed by atoms with van der Waals surface area (Å²) in [7, 11) is 0. The first kappa shape index (κ1) is 16.7. The molecule has 3 N–H and O–H groups in total. The predicted octanol–water partition coefficient (Wildman–Crippen LogP) is 4.63. The normalized spacial score (nSPS) is 11.2. The Hall–Kier alpha value is -3.18. The molecule has 0 aliphatic carbocycles. The van der Waals surface area contributed by atoms with Crippen molar-refractivity contribution in [2.75, 3.05) is 0 Å². The third kappa shape index (κ3) is 3.67. The molecule has 25 heavy (non-hydrogen) atoms. The van der Waals surface area contributed by atoms with Gasteiger partial charge in [0.2, 0.25) is 0 Å². The van der Waals surface area contributed by atoms with Gasteiger partial charge in [-0.2, -0.15) is 0 Å². The van der Waals surface area contributed by atoms with E-state index in [2.05, 4.69) is 16.0 Å². The number of nitrogens with two attached hydrogens (primary N) is 1. The van der Waals surface area contributed by atoms with E-state index in [1.54, 1.807) is 18.2 Å². The lowest BCUT2D eigenvalue weighted by molar-refractivity contribution is 0.633. The number of halogens is 1. The van der Waals surface area contributed by atoms with Crippen LogP contribution < -0.4 is 11.4 Å². The molecule has 3 aromatic carbocycles. The smallest absolute Gasteiger partial charge is 0.126 e. The van der Waals surface area contributed by atoms with Crippen LogP contribution in [0.3, 0.4) is 0 Å². The van der Waals surface area contributed by atoms with Gasteiger partial charge in [0.1, 0.15) is 5.82 Å². The SMILES string of the molecule is Cc1ccccc1-c1ccccc1/C(=N/NN)[N-]c1ccccc1F. The van der Waals surface area contributed by atoms with Crippen molar-refractivity contribution >= 4 is 11.5 Å². The fourth-order valence-electron chi connectivity index (χ4n) is 2.65. The van der Waals surface area contributed by atoms with Crippen molar-refractivity contribution in [3.8, 4) is 11.1 Å². The maximum absolute atomic E-state index is 14.0. The maximum Gasteiger partial charge on any atom is 0.126 e. The van der Waals surface area contributed by atoms with Gasteiger partial charge in [-0.3, -0.25) is 5.84 Å². The Kier molecular flexibility index (Phi) is 5.06. The molecule has 126 valence electrons. The summed E-state index contributed by atoms with van der Waals surface area (Å²) in [6.07, 6.45) is 0. The number of hydrogen-bond acceptors (Lipinski definition) is 3. The van der Waals surface area contributed by atoms with Crippen LogP contribution in [0.4, 0.5) is 10.1 Å². The molecule has 3 aromatic rings. The van der Waals surface area contributed by atoms with E-state index in [4.69, 9.17) is 5.84 Å². The highest BCUT2D eigenvalue weighted by atomic mass is 19.1. The second-order valence-electron chi connectivity index (χ2n) is 5.49. The number of para-hydroxylation sites is 1. The minimum Gasteiger partial charge on any atom is -0.432 e. The van der Waals surface area contributed by atoms with Gasteiger partial charge in [0.05, 0.1) is 0 Å². The average molecular weight is 333 g/mol. The molecule has 0 aromatic heterocycles. The number of nitrogens with one attached hydrogen (secondary N) is 1. The zero-order chi connectivity index (χ0) is 17.6. The summed E-state index contributed by atoms with van der Waals surface area (Å²) in [5, 5.41) is 8.42. The van der Waals surface area contributed by atoms with Crippen LogP contribution in [0.1, 0.15) is 11.1 Å². The summed E-state index contributed by atoms with van der Waals surface area (Å²) < 4.78 is 14.0. The second kappa shape index (κ2) is 7.59. The molecule has 5 heteroatoms. The summed E-state index contributed by atoms with van der Waals surface area (Å²) in [5.74, 6) is 5.28. The van der Waals surface area contributed by atoms with Crippen LogP contribution in [0, 0.1) is 12.7 Å². The molecule has 0 saturated heterocycles. The second-order valence-corrected chi connectivity index (χ2v) is 5.49. The van der Waals surface area contributed by atoms with Crippen molar-refractivity contribution in [3.63, 3.8) is 0 Å². The Balaban J connectivity index is 2.08. The van der Waals surface area contributed by atoms with Gasteiger partial charge >= 0.3 is 0 Å². The molecule has 0 amide bonds. The Morgan fingerprint density at radius 3 is 2.28 bits per heavy atom. The highest BCUT2D eigenvalue weighted by molar-refractivity contribution is 6.16. The van der Waals surface area contributed by atoms with E-state index in [0.29, 0.717) is 5.84 Å². The van der Waals surface area contributed by atoms with E-state index in [0.717, 1.165) is 22.3 Å². The third-order valence-corrected chi connectivity index (χ3v) is 3.85. The number of rotatable bonds is 4. The molecule has 0 unspecified atom stereocenters. The van der Waals surface area contributed by atoms with Gasteiger partial charge in [-0.1, -0.05) is 66.7 Å². The Morgan fingerprint density at radius 2 is 1.56 bits per heavy atom. The number of benzene rings is 3. The number of aryl methyl sites for hydroxylation is 1. The topological polar surface area (TPSA) is 64.5 Å². The van der Waals surface area contributed by atoms with E-state index in [1.807, 2.05) is 55.5 Å². The number of hydrogen-bond donors (Lipinski definition) is 2. The van der Waals surface area contributed by atoms with Gasteiger partial charge < -0.3 is 16.0 Å². The molecule has 0 fully saturated rings. The minimum absolute atomic E-state index is 0.205. The Bertz CT molecular complexity index is 905. The van der Waals surface area contributed by atoms with Crippen molar-refractivity contribution in [1.82, 2.24) is 5.53 Å². The van der Waals surface area contributed by atoms with Gasteiger partial charge in [0.25, 0.3) is 0 Å². The molecule has 0 heterocycles. The lowest BCUT2D eigenvalue weighted by atomic mass is 9.95. The molecular formula is C20H18FN4-. The highest BCUT2D eigenvalue weighted by Gasteiger charge is 2.09. The van der Waals surface area contributed by atoms with Crippen molar-refractivity contribution in [1.29, 1.82) is 0 Å². The van der Waals surface area contributed by atoms with Crippen molar-refractivity contribution in [3.05, 3.63) is 95.1 Å². The van der Waals surface area contributed by atoms with Crippen LogP contribution >= 0.6 is 0 Å². The van der Waals surface area contributed by atoms with Crippen molar-refractivity contribution < 1.29 is 4.39 Å². The highest BCUT2D eigenvalue weighted by Crippen LogP contribution is 2.31. The first-order valence-corrected chi connectivity index (χ1v) is 7.85. The number of nitrogens with zero attached hydrogens (tertiary/aromatic N) is 2. The molecular weight excluding hydrogens is 315 g/mol. The quantitative estimate of drug-likeness (QED) is 0.316. The fraction of sp³-hybridized carbons (Fsp3) is 0.0500. The number of hydrazone groups is 1. The summed E-state index contributed by atoms with van der Waals surface area (Å²) >= 11 is 0. The molecule has 0 bridgehead atoms.